The Kier molecular flexibility index (Phi) is 4.74. The van der Waals surface area contributed by atoms with Gasteiger partial charge in [-0.05, 0) is 36.4 Å². The Morgan fingerprint density at radius 1 is 1.19 bits per heavy atom. The van der Waals surface area contributed by atoms with Crippen molar-refractivity contribution in [3.8, 4) is 0 Å². The van der Waals surface area contributed by atoms with Gasteiger partial charge in [0, 0.05) is 12.0 Å². The number of carbonyl (C=O) groups excluding carboxylic acids is 3. The van der Waals surface area contributed by atoms with Gasteiger partial charge in [0.15, 0.2) is 0 Å². The molecule has 3 rings (SSSR count). The lowest BCUT2D eigenvalue weighted by atomic mass is 9.77. The Hall–Kier alpha value is -3.53. The van der Waals surface area contributed by atoms with Crippen LogP contribution in [-0.4, -0.2) is 24.9 Å². The largest absolute Gasteiger partial charge is 0.463 e. The van der Waals surface area contributed by atoms with Crippen molar-refractivity contribution in [2.75, 3.05) is 12.0 Å². The van der Waals surface area contributed by atoms with Gasteiger partial charge in [0.25, 0.3) is 0 Å². The van der Waals surface area contributed by atoms with Gasteiger partial charge in [0.05, 0.1) is 12.8 Å². The fraction of sp³-hybridized carbons (Fsp3) is 0.200. The number of esters is 1. The number of halogens is 1. The second-order valence-electron chi connectivity index (χ2n) is 6.04. The summed E-state index contributed by atoms with van der Waals surface area (Å²) in [6.07, 6.45) is -0.331. The molecule has 1 aliphatic heterocycles. The summed E-state index contributed by atoms with van der Waals surface area (Å²) in [6, 6.07) is 13.0. The molecule has 1 saturated heterocycles. The second kappa shape index (κ2) is 7.00. The van der Waals surface area contributed by atoms with Crippen molar-refractivity contribution in [2.45, 2.75) is 12.0 Å². The van der Waals surface area contributed by atoms with E-state index in [1.165, 1.54) is 12.1 Å². The lowest BCUT2D eigenvalue weighted by Crippen LogP contribution is -2.45. The maximum atomic E-state index is 13.3. The number of para-hydroxylation sites is 1. The third-order valence-corrected chi connectivity index (χ3v) is 4.62. The van der Waals surface area contributed by atoms with Gasteiger partial charge in [-0.25, -0.2) is 15.8 Å². The van der Waals surface area contributed by atoms with E-state index in [9.17, 15) is 18.8 Å². The summed E-state index contributed by atoms with van der Waals surface area (Å²) in [5, 5.41) is 0. The molecule has 0 saturated carbocycles. The summed E-state index contributed by atoms with van der Waals surface area (Å²) in [4.78, 5) is 42.6. The SMILES string of the molecule is [C-]#[N+][C@](C(=O)OC)(c1ccc(F)cc1)[C@@H]1CC(=O)N(c2ccccc2)C1=O. The Morgan fingerprint density at radius 2 is 1.81 bits per heavy atom. The third-order valence-electron chi connectivity index (χ3n) is 4.62. The molecule has 0 bridgehead atoms. The molecule has 27 heavy (non-hydrogen) atoms. The summed E-state index contributed by atoms with van der Waals surface area (Å²) < 4.78 is 18.1. The van der Waals surface area contributed by atoms with Crippen molar-refractivity contribution in [2.24, 2.45) is 5.92 Å². The number of methoxy groups -OCH3 is 1. The number of anilines is 1. The predicted molar refractivity (Wildman–Crippen MR) is 93.7 cm³/mol. The number of imide groups is 1. The van der Waals surface area contributed by atoms with Gasteiger partial charge < -0.3 is 4.74 Å². The van der Waals surface area contributed by atoms with Crippen molar-refractivity contribution in [1.29, 1.82) is 0 Å². The average molecular weight is 366 g/mol. The van der Waals surface area contributed by atoms with Crippen molar-refractivity contribution in [3.63, 3.8) is 0 Å². The molecule has 2 atom stereocenters. The highest BCUT2D eigenvalue weighted by molar-refractivity contribution is 6.22. The summed E-state index contributed by atoms with van der Waals surface area (Å²) in [6.45, 7) is 7.67. The van der Waals surface area contributed by atoms with Gasteiger partial charge >= 0.3 is 11.5 Å². The first-order valence-corrected chi connectivity index (χ1v) is 8.10. The minimum atomic E-state index is -2.07. The summed E-state index contributed by atoms with van der Waals surface area (Å²) in [5.41, 5.74) is -1.61. The van der Waals surface area contributed by atoms with E-state index in [0.717, 1.165) is 24.1 Å². The molecule has 136 valence electrons. The molecule has 2 aromatic carbocycles. The molecule has 0 aliphatic carbocycles. The van der Waals surface area contributed by atoms with E-state index in [1.54, 1.807) is 30.3 Å². The van der Waals surface area contributed by atoms with Crippen LogP contribution in [0.3, 0.4) is 0 Å². The monoisotopic (exact) mass is 366 g/mol. The number of nitrogens with zero attached hydrogens (tertiary/aromatic N) is 2. The molecular weight excluding hydrogens is 351 g/mol. The number of amides is 2. The van der Waals surface area contributed by atoms with E-state index in [4.69, 9.17) is 11.3 Å². The highest BCUT2D eigenvalue weighted by Crippen LogP contribution is 2.43. The Labute approximate surface area is 155 Å². The summed E-state index contributed by atoms with van der Waals surface area (Å²) in [5.74, 6) is -3.99. The van der Waals surface area contributed by atoms with Gasteiger partial charge in [-0.2, -0.15) is 0 Å². The van der Waals surface area contributed by atoms with E-state index in [2.05, 4.69) is 4.85 Å². The first-order valence-electron chi connectivity index (χ1n) is 8.10. The zero-order valence-electron chi connectivity index (χ0n) is 14.4. The van der Waals surface area contributed by atoms with Crippen LogP contribution in [-0.2, 0) is 24.7 Å². The zero-order valence-corrected chi connectivity index (χ0v) is 14.4. The minimum absolute atomic E-state index is 0.104. The Morgan fingerprint density at radius 3 is 2.37 bits per heavy atom. The smallest absolute Gasteiger partial charge is 0.399 e. The van der Waals surface area contributed by atoms with Gasteiger partial charge in [-0.1, -0.05) is 18.2 Å². The quantitative estimate of drug-likeness (QED) is 0.474. The molecule has 1 heterocycles. The van der Waals surface area contributed by atoms with Crippen LogP contribution >= 0.6 is 0 Å². The van der Waals surface area contributed by atoms with Crippen LogP contribution < -0.4 is 4.90 Å². The standard InChI is InChI=1S/C20H15FN2O4/c1-22-20(19(26)27-2,13-8-10-14(21)11-9-13)16-12-17(24)23(18(16)25)15-6-4-3-5-7-15/h3-11,16H,12H2,2H3/t16-,20-/m1/s1. The summed E-state index contributed by atoms with van der Waals surface area (Å²) in [7, 11) is 1.10. The lowest BCUT2D eigenvalue weighted by Gasteiger charge is -2.24. The van der Waals surface area contributed by atoms with E-state index in [0.29, 0.717) is 5.69 Å². The topological polar surface area (TPSA) is 68.0 Å². The molecule has 2 amide bonds. The molecule has 0 radical (unpaired) electrons. The molecule has 0 aromatic heterocycles. The Balaban J connectivity index is 2.12. The Bertz CT molecular complexity index is 937. The average Bonchev–Trinajstić information content (AvgIpc) is 2.99. The highest BCUT2D eigenvalue weighted by Gasteiger charge is 2.63. The van der Waals surface area contributed by atoms with Crippen LogP contribution in [0.2, 0.25) is 0 Å². The third kappa shape index (κ3) is 2.85. The fourth-order valence-corrected chi connectivity index (χ4v) is 3.32. The van der Waals surface area contributed by atoms with Crippen molar-refractivity contribution < 1.29 is 23.5 Å². The van der Waals surface area contributed by atoms with Crippen molar-refractivity contribution in [3.05, 3.63) is 77.4 Å². The van der Waals surface area contributed by atoms with E-state index < -0.39 is 35.1 Å². The normalized spacial score (nSPS) is 18.7. The number of rotatable bonds is 4. The van der Waals surface area contributed by atoms with Crippen LogP contribution in [0.15, 0.2) is 54.6 Å². The molecule has 0 N–H and O–H groups in total. The van der Waals surface area contributed by atoms with Gasteiger partial charge in [0.1, 0.15) is 11.7 Å². The van der Waals surface area contributed by atoms with Crippen LogP contribution in [0.5, 0.6) is 0 Å². The lowest BCUT2D eigenvalue weighted by molar-refractivity contribution is -0.149. The number of hydrogen-bond acceptors (Lipinski definition) is 4. The van der Waals surface area contributed by atoms with Crippen LogP contribution in [0.1, 0.15) is 12.0 Å². The highest BCUT2D eigenvalue weighted by atomic mass is 19.1. The van der Waals surface area contributed by atoms with Gasteiger partial charge in [-0.15, -0.1) is 0 Å². The molecular formula is C20H15FN2O4. The molecule has 0 spiro atoms. The second-order valence-corrected chi connectivity index (χ2v) is 6.04. The number of hydrogen-bond donors (Lipinski definition) is 0. The van der Waals surface area contributed by atoms with E-state index >= 15 is 0 Å². The summed E-state index contributed by atoms with van der Waals surface area (Å²) >= 11 is 0. The maximum absolute atomic E-state index is 13.3. The first kappa shape index (κ1) is 18.3. The molecule has 7 heteroatoms. The van der Waals surface area contributed by atoms with Crippen LogP contribution in [0.4, 0.5) is 10.1 Å². The fourth-order valence-electron chi connectivity index (χ4n) is 3.32. The molecule has 1 aliphatic rings. The molecule has 6 nitrogen and oxygen atoms in total. The first-order chi connectivity index (χ1) is 13.0. The minimum Gasteiger partial charge on any atom is -0.463 e. The molecule has 0 unspecified atom stereocenters. The molecule has 1 fully saturated rings. The van der Waals surface area contributed by atoms with E-state index in [-0.39, 0.29) is 12.0 Å². The van der Waals surface area contributed by atoms with Crippen molar-refractivity contribution in [1.82, 2.24) is 0 Å². The van der Waals surface area contributed by atoms with Crippen LogP contribution in [0, 0.1) is 18.3 Å². The zero-order chi connectivity index (χ0) is 19.6. The number of benzene rings is 2. The van der Waals surface area contributed by atoms with E-state index in [1.807, 2.05) is 0 Å². The molecule has 2 aromatic rings. The van der Waals surface area contributed by atoms with Crippen LogP contribution in [0.25, 0.3) is 4.85 Å². The number of carbonyl (C=O) groups is 3. The van der Waals surface area contributed by atoms with Crippen molar-refractivity contribution >= 4 is 23.5 Å². The maximum Gasteiger partial charge on any atom is 0.399 e. The van der Waals surface area contributed by atoms with Gasteiger partial charge in [-0.3, -0.25) is 19.3 Å². The van der Waals surface area contributed by atoms with Gasteiger partial charge in [0.2, 0.25) is 11.8 Å². The number of ether oxygens (including phenoxy) is 1. The predicted octanol–water partition coefficient (Wildman–Crippen LogP) is 2.69.